The summed E-state index contributed by atoms with van der Waals surface area (Å²) in [6, 6.07) is 1.58. The van der Waals surface area contributed by atoms with Gasteiger partial charge in [-0.25, -0.2) is 9.37 Å². The van der Waals surface area contributed by atoms with E-state index in [0.717, 1.165) is 24.3 Å². The number of pyridine rings is 1. The lowest BCUT2D eigenvalue weighted by atomic mass is 10.1. The van der Waals surface area contributed by atoms with E-state index >= 15 is 0 Å². The second-order valence-electron chi connectivity index (χ2n) is 4.41. The summed E-state index contributed by atoms with van der Waals surface area (Å²) in [5, 5.41) is 5.70. The lowest BCUT2D eigenvalue weighted by molar-refractivity contribution is 0.0930. The van der Waals surface area contributed by atoms with Gasteiger partial charge < -0.3 is 10.6 Å². The number of aromatic nitrogens is 1. The lowest BCUT2D eigenvalue weighted by Crippen LogP contribution is -2.37. The molecule has 1 amide bonds. The summed E-state index contributed by atoms with van der Waals surface area (Å²) in [5.41, 5.74) is 0.0594. The van der Waals surface area contributed by atoms with E-state index in [1.165, 1.54) is 12.3 Å². The van der Waals surface area contributed by atoms with Gasteiger partial charge in [0.05, 0.1) is 5.56 Å². The van der Waals surface area contributed by atoms with Crippen molar-refractivity contribution >= 4 is 23.5 Å². The van der Waals surface area contributed by atoms with Gasteiger partial charge in [-0.1, -0.05) is 0 Å². The normalized spacial score (nSPS) is 16.1. The topological polar surface area (TPSA) is 54.0 Å². The van der Waals surface area contributed by atoms with E-state index in [0.29, 0.717) is 6.54 Å². The van der Waals surface area contributed by atoms with E-state index in [1.807, 2.05) is 18.7 Å². The van der Waals surface area contributed by atoms with Crippen molar-refractivity contribution in [3.05, 3.63) is 23.6 Å². The fraction of sp³-hybridized carbons (Fsp3) is 0.538. The summed E-state index contributed by atoms with van der Waals surface area (Å²) >= 11 is 1.89. The van der Waals surface area contributed by atoms with E-state index in [9.17, 15) is 9.18 Å². The van der Waals surface area contributed by atoms with E-state index in [-0.39, 0.29) is 23.3 Å². The van der Waals surface area contributed by atoms with Crippen molar-refractivity contribution in [2.45, 2.75) is 25.8 Å². The fourth-order valence-corrected chi connectivity index (χ4v) is 3.12. The van der Waals surface area contributed by atoms with Gasteiger partial charge >= 0.3 is 0 Å². The number of carbonyl (C=O) groups excluding carboxylic acids is 1. The molecule has 2 N–H and O–H groups in total. The number of amides is 1. The third kappa shape index (κ3) is 3.59. The van der Waals surface area contributed by atoms with Crippen molar-refractivity contribution in [1.29, 1.82) is 0 Å². The van der Waals surface area contributed by atoms with Crippen LogP contribution in [0.1, 0.15) is 30.1 Å². The molecule has 0 aliphatic carbocycles. The molecule has 6 heteroatoms. The van der Waals surface area contributed by atoms with Crippen molar-refractivity contribution in [1.82, 2.24) is 10.3 Å². The van der Waals surface area contributed by atoms with Gasteiger partial charge in [0.25, 0.3) is 5.91 Å². The zero-order chi connectivity index (χ0) is 13.7. The third-order valence-electron chi connectivity index (χ3n) is 3.03. The van der Waals surface area contributed by atoms with Crippen LogP contribution in [0.3, 0.4) is 0 Å². The highest BCUT2D eigenvalue weighted by Crippen LogP contribution is 2.19. The summed E-state index contributed by atoms with van der Waals surface area (Å²) in [7, 11) is 0. The van der Waals surface area contributed by atoms with Gasteiger partial charge in [-0.15, -0.1) is 0 Å². The van der Waals surface area contributed by atoms with Crippen LogP contribution in [0.5, 0.6) is 0 Å². The van der Waals surface area contributed by atoms with Crippen LogP contribution in [-0.4, -0.2) is 35.0 Å². The smallest absolute Gasteiger partial charge is 0.254 e. The molecule has 1 aromatic heterocycles. The van der Waals surface area contributed by atoms with Crippen LogP contribution in [-0.2, 0) is 0 Å². The number of carbonyl (C=O) groups is 1. The van der Waals surface area contributed by atoms with Crippen LogP contribution >= 0.6 is 11.8 Å². The summed E-state index contributed by atoms with van der Waals surface area (Å²) in [4.78, 5) is 16.0. The van der Waals surface area contributed by atoms with Crippen LogP contribution in [0, 0.1) is 5.82 Å². The molecule has 1 aliphatic rings. The molecule has 0 bridgehead atoms. The number of halogens is 1. The van der Waals surface area contributed by atoms with Crippen LogP contribution in [0.2, 0.25) is 0 Å². The summed E-state index contributed by atoms with van der Waals surface area (Å²) in [6.07, 6.45) is 3.35. The molecule has 104 valence electrons. The van der Waals surface area contributed by atoms with Gasteiger partial charge in [-0.2, -0.15) is 11.8 Å². The van der Waals surface area contributed by atoms with Gasteiger partial charge in [0, 0.05) is 18.8 Å². The quantitative estimate of drug-likeness (QED) is 0.890. The molecular formula is C13H18FN3OS. The van der Waals surface area contributed by atoms with Crippen molar-refractivity contribution in [3.8, 4) is 0 Å². The highest BCUT2D eigenvalue weighted by molar-refractivity contribution is 7.99. The number of rotatable bonds is 4. The fourth-order valence-electron chi connectivity index (χ4n) is 2.01. The molecule has 0 unspecified atom stereocenters. The van der Waals surface area contributed by atoms with Gasteiger partial charge in [0.1, 0.15) is 0 Å². The predicted octanol–water partition coefficient (Wildman–Crippen LogP) is 2.28. The SMILES string of the molecule is CCNc1nccc(C(=O)NC2CCSCC2)c1F. The molecule has 4 nitrogen and oxygen atoms in total. The Balaban J connectivity index is 2.07. The van der Waals surface area contributed by atoms with Crippen molar-refractivity contribution in [3.63, 3.8) is 0 Å². The minimum atomic E-state index is -0.577. The lowest BCUT2D eigenvalue weighted by Gasteiger charge is -2.22. The minimum Gasteiger partial charge on any atom is -0.368 e. The molecule has 0 atom stereocenters. The first-order valence-corrected chi connectivity index (χ1v) is 7.64. The molecule has 1 fully saturated rings. The van der Waals surface area contributed by atoms with Gasteiger partial charge in [0.15, 0.2) is 11.6 Å². The molecule has 0 spiro atoms. The molecule has 0 saturated carbocycles. The Morgan fingerprint density at radius 1 is 1.53 bits per heavy atom. The summed E-state index contributed by atoms with van der Waals surface area (Å²) in [6.45, 7) is 2.42. The monoisotopic (exact) mass is 283 g/mol. The Kier molecular flexibility index (Phi) is 5.01. The van der Waals surface area contributed by atoms with E-state index < -0.39 is 5.82 Å². The third-order valence-corrected chi connectivity index (χ3v) is 4.08. The Morgan fingerprint density at radius 2 is 2.26 bits per heavy atom. The second kappa shape index (κ2) is 6.75. The number of hydrogen-bond acceptors (Lipinski definition) is 4. The van der Waals surface area contributed by atoms with Crippen LogP contribution in [0.25, 0.3) is 0 Å². The summed E-state index contributed by atoms with van der Waals surface area (Å²) in [5.74, 6) is 1.30. The molecule has 1 aliphatic heterocycles. The molecule has 19 heavy (non-hydrogen) atoms. The van der Waals surface area contributed by atoms with Crippen molar-refractivity contribution in [2.24, 2.45) is 0 Å². The van der Waals surface area contributed by atoms with E-state index in [4.69, 9.17) is 0 Å². The first-order chi connectivity index (χ1) is 9.22. The Morgan fingerprint density at radius 3 is 2.95 bits per heavy atom. The number of anilines is 1. The average Bonchev–Trinajstić information content (AvgIpc) is 2.42. The van der Waals surface area contributed by atoms with E-state index in [2.05, 4.69) is 15.6 Å². The number of nitrogens with zero attached hydrogens (tertiary/aromatic N) is 1. The van der Waals surface area contributed by atoms with Gasteiger partial charge in [-0.05, 0) is 37.3 Å². The molecule has 2 rings (SSSR count). The number of hydrogen-bond donors (Lipinski definition) is 2. The maximum absolute atomic E-state index is 14.1. The Labute approximate surface area is 116 Å². The average molecular weight is 283 g/mol. The minimum absolute atomic E-state index is 0.0594. The molecule has 1 saturated heterocycles. The molecule has 0 radical (unpaired) electrons. The standard InChI is InChI=1S/C13H18FN3OS/c1-2-15-12-11(14)10(3-6-16-12)13(18)17-9-4-7-19-8-5-9/h3,6,9H,2,4-5,7-8H2,1H3,(H,15,16)(H,17,18). The van der Waals surface area contributed by atoms with Crippen LogP contribution in [0.4, 0.5) is 10.2 Å². The highest BCUT2D eigenvalue weighted by Gasteiger charge is 2.20. The molecular weight excluding hydrogens is 265 g/mol. The van der Waals surface area contributed by atoms with Crippen LogP contribution in [0.15, 0.2) is 12.3 Å². The first-order valence-electron chi connectivity index (χ1n) is 6.49. The number of nitrogens with one attached hydrogen (secondary N) is 2. The molecule has 0 aromatic carbocycles. The predicted molar refractivity (Wildman–Crippen MR) is 76.2 cm³/mol. The zero-order valence-electron chi connectivity index (χ0n) is 10.9. The second-order valence-corrected chi connectivity index (χ2v) is 5.64. The Bertz CT molecular complexity index is 450. The highest BCUT2D eigenvalue weighted by atomic mass is 32.2. The summed E-state index contributed by atoms with van der Waals surface area (Å²) < 4.78 is 14.1. The van der Waals surface area contributed by atoms with E-state index in [1.54, 1.807) is 0 Å². The maximum Gasteiger partial charge on any atom is 0.254 e. The molecule has 2 heterocycles. The van der Waals surface area contributed by atoms with Gasteiger partial charge in [-0.3, -0.25) is 4.79 Å². The molecule has 1 aromatic rings. The van der Waals surface area contributed by atoms with Crippen molar-refractivity contribution in [2.75, 3.05) is 23.4 Å². The maximum atomic E-state index is 14.1. The van der Waals surface area contributed by atoms with Gasteiger partial charge in [0.2, 0.25) is 0 Å². The first kappa shape index (κ1) is 14.1. The van der Waals surface area contributed by atoms with Crippen LogP contribution < -0.4 is 10.6 Å². The zero-order valence-corrected chi connectivity index (χ0v) is 11.7. The number of thioether (sulfide) groups is 1. The Hall–Kier alpha value is -1.30. The van der Waals surface area contributed by atoms with Crippen molar-refractivity contribution < 1.29 is 9.18 Å². The largest absolute Gasteiger partial charge is 0.368 e.